The molecule has 0 saturated heterocycles. The minimum Gasteiger partial charge on any atom is -0.369 e. The van der Waals surface area contributed by atoms with Crippen LogP contribution >= 0.6 is 15.9 Å². The zero-order valence-electron chi connectivity index (χ0n) is 14.0. The lowest BCUT2D eigenvalue weighted by molar-refractivity contribution is -0.128. The van der Waals surface area contributed by atoms with Gasteiger partial charge in [0.2, 0.25) is 0 Å². The van der Waals surface area contributed by atoms with Crippen LogP contribution in [0.2, 0.25) is 0 Å². The van der Waals surface area contributed by atoms with Crippen LogP contribution in [0.1, 0.15) is 27.7 Å². The Bertz CT molecular complexity index is 464. The first-order valence-corrected chi connectivity index (χ1v) is 8.73. The topological polar surface area (TPSA) is 32.8 Å². The van der Waals surface area contributed by atoms with E-state index in [0.29, 0.717) is 13.2 Å². The summed E-state index contributed by atoms with van der Waals surface area (Å²) in [5.41, 5.74) is 0.901. The SMILES string of the molecule is CCOC(C)C(=O)N(CCN(CC)CC)c1cccc(Br)c1. The number of benzene rings is 1. The van der Waals surface area contributed by atoms with Gasteiger partial charge in [0.25, 0.3) is 5.91 Å². The molecule has 0 aliphatic carbocycles. The zero-order chi connectivity index (χ0) is 16.5. The van der Waals surface area contributed by atoms with Crippen LogP contribution in [0.4, 0.5) is 5.69 Å². The molecular formula is C17H27BrN2O2. The Labute approximate surface area is 142 Å². The number of hydrogen-bond donors (Lipinski definition) is 0. The molecule has 0 heterocycles. The highest BCUT2D eigenvalue weighted by Crippen LogP contribution is 2.21. The quantitative estimate of drug-likeness (QED) is 0.666. The van der Waals surface area contributed by atoms with E-state index in [1.54, 1.807) is 0 Å². The van der Waals surface area contributed by atoms with Crippen molar-refractivity contribution in [3.63, 3.8) is 0 Å². The molecule has 0 radical (unpaired) electrons. The Morgan fingerprint density at radius 3 is 2.45 bits per heavy atom. The molecule has 0 spiro atoms. The molecule has 5 heteroatoms. The predicted molar refractivity (Wildman–Crippen MR) is 95.4 cm³/mol. The molecule has 124 valence electrons. The van der Waals surface area contributed by atoms with Gasteiger partial charge in [0.05, 0.1) is 0 Å². The number of carbonyl (C=O) groups is 1. The molecule has 1 amide bonds. The average molecular weight is 371 g/mol. The van der Waals surface area contributed by atoms with Gasteiger partial charge >= 0.3 is 0 Å². The standard InChI is InChI=1S/C17H27BrN2O2/c1-5-19(6-2)11-12-20(17(21)14(4)22-7-3)16-10-8-9-15(18)13-16/h8-10,13-14H,5-7,11-12H2,1-4H3. The molecule has 0 N–H and O–H groups in total. The maximum atomic E-state index is 12.7. The number of likely N-dealkylation sites (N-methyl/N-ethyl adjacent to an activating group) is 1. The van der Waals surface area contributed by atoms with Crippen LogP contribution in [0.15, 0.2) is 28.7 Å². The van der Waals surface area contributed by atoms with Gasteiger partial charge in [0.1, 0.15) is 6.10 Å². The summed E-state index contributed by atoms with van der Waals surface area (Å²) in [6.07, 6.45) is -0.430. The van der Waals surface area contributed by atoms with E-state index >= 15 is 0 Å². The number of anilines is 1. The number of amides is 1. The molecular weight excluding hydrogens is 344 g/mol. The number of rotatable bonds is 9. The van der Waals surface area contributed by atoms with E-state index in [2.05, 4.69) is 34.7 Å². The van der Waals surface area contributed by atoms with E-state index in [-0.39, 0.29) is 5.91 Å². The van der Waals surface area contributed by atoms with Crippen LogP contribution in [0.25, 0.3) is 0 Å². The lowest BCUT2D eigenvalue weighted by atomic mass is 10.2. The molecule has 1 unspecified atom stereocenters. The second-order valence-electron chi connectivity index (χ2n) is 5.09. The summed E-state index contributed by atoms with van der Waals surface area (Å²) in [5.74, 6) is 0.00658. The van der Waals surface area contributed by atoms with Crippen LogP contribution in [0.3, 0.4) is 0 Å². The van der Waals surface area contributed by atoms with Crippen molar-refractivity contribution in [2.24, 2.45) is 0 Å². The van der Waals surface area contributed by atoms with Crippen molar-refractivity contribution in [2.75, 3.05) is 37.7 Å². The van der Waals surface area contributed by atoms with Crippen molar-refractivity contribution in [3.05, 3.63) is 28.7 Å². The van der Waals surface area contributed by atoms with Gasteiger partial charge in [-0.05, 0) is 45.1 Å². The van der Waals surface area contributed by atoms with Crippen LogP contribution in [-0.2, 0) is 9.53 Å². The highest BCUT2D eigenvalue weighted by atomic mass is 79.9. The van der Waals surface area contributed by atoms with Crippen molar-refractivity contribution >= 4 is 27.5 Å². The number of carbonyl (C=O) groups excluding carboxylic acids is 1. The second-order valence-corrected chi connectivity index (χ2v) is 6.01. The molecule has 1 rings (SSSR count). The normalized spacial score (nSPS) is 12.5. The maximum Gasteiger partial charge on any atom is 0.255 e. The summed E-state index contributed by atoms with van der Waals surface area (Å²) in [6.45, 7) is 12.0. The van der Waals surface area contributed by atoms with Crippen LogP contribution < -0.4 is 4.90 Å². The number of nitrogens with zero attached hydrogens (tertiary/aromatic N) is 2. The van der Waals surface area contributed by atoms with Gasteiger partial charge in [0.15, 0.2) is 0 Å². The molecule has 0 aliphatic rings. The van der Waals surface area contributed by atoms with Crippen molar-refractivity contribution < 1.29 is 9.53 Å². The largest absolute Gasteiger partial charge is 0.369 e. The van der Waals surface area contributed by atoms with Gasteiger partial charge in [-0.2, -0.15) is 0 Å². The van der Waals surface area contributed by atoms with Gasteiger partial charge in [0, 0.05) is 29.9 Å². The summed E-state index contributed by atoms with van der Waals surface area (Å²) in [4.78, 5) is 16.8. The molecule has 0 aliphatic heterocycles. The fourth-order valence-corrected chi connectivity index (χ4v) is 2.72. The minimum atomic E-state index is -0.430. The predicted octanol–water partition coefficient (Wildman–Crippen LogP) is 3.55. The third-order valence-corrected chi connectivity index (χ3v) is 4.18. The molecule has 4 nitrogen and oxygen atoms in total. The zero-order valence-corrected chi connectivity index (χ0v) is 15.6. The van der Waals surface area contributed by atoms with Gasteiger partial charge in [-0.1, -0.05) is 35.8 Å². The van der Waals surface area contributed by atoms with E-state index in [4.69, 9.17) is 4.74 Å². The minimum absolute atomic E-state index is 0.00658. The van der Waals surface area contributed by atoms with E-state index in [1.165, 1.54) is 0 Å². The Hall–Kier alpha value is -0.910. The smallest absolute Gasteiger partial charge is 0.255 e. The van der Waals surface area contributed by atoms with Crippen LogP contribution in [0.5, 0.6) is 0 Å². The highest BCUT2D eigenvalue weighted by Gasteiger charge is 2.22. The van der Waals surface area contributed by atoms with E-state index in [1.807, 2.05) is 43.0 Å². The summed E-state index contributed by atoms with van der Waals surface area (Å²) < 4.78 is 6.45. The first-order chi connectivity index (χ1) is 10.5. The molecule has 1 aromatic carbocycles. The lowest BCUT2D eigenvalue weighted by Crippen LogP contribution is -2.43. The first kappa shape index (κ1) is 19.1. The van der Waals surface area contributed by atoms with E-state index in [9.17, 15) is 4.79 Å². The Morgan fingerprint density at radius 2 is 1.91 bits per heavy atom. The third-order valence-electron chi connectivity index (χ3n) is 3.68. The van der Waals surface area contributed by atoms with Gasteiger partial charge in [-0.3, -0.25) is 4.79 Å². The number of hydrogen-bond acceptors (Lipinski definition) is 3. The fourth-order valence-electron chi connectivity index (χ4n) is 2.33. The van der Waals surface area contributed by atoms with Gasteiger partial charge in [-0.15, -0.1) is 0 Å². The van der Waals surface area contributed by atoms with Crippen molar-refractivity contribution in [1.29, 1.82) is 0 Å². The molecule has 1 atom stereocenters. The maximum absolute atomic E-state index is 12.7. The summed E-state index contributed by atoms with van der Waals surface area (Å²) in [5, 5.41) is 0. The molecule has 0 saturated carbocycles. The number of ether oxygens (including phenoxy) is 1. The van der Waals surface area contributed by atoms with Gasteiger partial charge in [-0.25, -0.2) is 0 Å². The third kappa shape index (κ3) is 5.71. The Balaban J connectivity index is 2.92. The van der Waals surface area contributed by atoms with Crippen molar-refractivity contribution in [3.8, 4) is 0 Å². The molecule has 1 aromatic rings. The fraction of sp³-hybridized carbons (Fsp3) is 0.588. The Kier molecular flexibility index (Phi) is 8.68. The second kappa shape index (κ2) is 9.98. The van der Waals surface area contributed by atoms with Crippen molar-refractivity contribution in [2.45, 2.75) is 33.8 Å². The highest BCUT2D eigenvalue weighted by molar-refractivity contribution is 9.10. The first-order valence-electron chi connectivity index (χ1n) is 7.94. The summed E-state index contributed by atoms with van der Waals surface area (Å²) in [6, 6.07) is 7.84. The monoisotopic (exact) mass is 370 g/mol. The summed E-state index contributed by atoms with van der Waals surface area (Å²) in [7, 11) is 0. The molecule has 22 heavy (non-hydrogen) atoms. The molecule has 0 fully saturated rings. The van der Waals surface area contributed by atoms with Crippen molar-refractivity contribution in [1.82, 2.24) is 4.90 Å². The van der Waals surface area contributed by atoms with Gasteiger partial charge < -0.3 is 14.5 Å². The molecule has 0 aromatic heterocycles. The average Bonchev–Trinajstić information content (AvgIpc) is 2.51. The van der Waals surface area contributed by atoms with E-state index < -0.39 is 6.10 Å². The van der Waals surface area contributed by atoms with Crippen LogP contribution in [-0.4, -0.2) is 49.7 Å². The summed E-state index contributed by atoms with van der Waals surface area (Å²) >= 11 is 3.48. The van der Waals surface area contributed by atoms with Crippen LogP contribution in [0, 0.1) is 0 Å². The lowest BCUT2D eigenvalue weighted by Gasteiger charge is -2.28. The molecule has 0 bridgehead atoms. The van der Waals surface area contributed by atoms with E-state index in [0.717, 1.165) is 29.8 Å². The number of halogens is 1. The Morgan fingerprint density at radius 1 is 1.23 bits per heavy atom.